The first-order valence-electron chi connectivity index (χ1n) is 8.57. The van der Waals surface area contributed by atoms with Crippen molar-refractivity contribution in [3.05, 3.63) is 29.8 Å². The van der Waals surface area contributed by atoms with E-state index in [9.17, 15) is 9.59 Å². The van der Waals surface area contributed by atoms with Gasteiger partial charge in [-0.25, -0.2) is 5.01 Å². The van der Waals surface area contributed by atoms with E-state index >= 15 is 0 Å². The highest BCUT2D eigenvalue weighted by Crippen LogP contribution is 2.22. The molecule has 2 aliphatic heterocycles. The number of amides is 2. The highest BCUT2D eigenvalue weighted by molar-refractivity contribution is 6.40. The minimum Gasteiger partial charge on any atom is -0.335 e. The summed E-state index contributed by atoms with van der Waals surface area (Å²) in [7, 11) is 0. The number of hydrogen-bond donors (Lipinski definition) is 0. The molecule has 3 rings (SSSR count). The van der Waals surface area contributed by atoms with Crippen molar-refractivity contribution < 1.29 is 9.59 Å². The van der Waals surface area contributed by atoms with E-state index in [-0.39, 0.29) is 11.8 Å². The van der Waals surface area contributed by atoms with Crippen molar-refractivity contribution in [2.45, 2.75) is 26.7 Å². The Morgan fingerprint density at radius 3 is 2.58 bits per heavy atom. The van der Waals surface area contributed by atoms with Gasteiger partial charge in [-0.1, -0.05) is 19.1 Å². The molecule has 0 bridgehead atoms. The topological polar surface area (TPSA) is 56.2 Å². The number of carbonyl (C=O) groups excluding carboxylic acids is 2. The van der Waals surface area contributed by atoms with Gasteiger partial charge in [-0.15, -0.1) is 0 Å². The van der Waals surface area contributed by atoms with Crippen molar-refractivity contribution in [1.29, 1.82) is 0 Å². The smallest absolute Gasteiger partial charge is 0.270 e. The van der Waals surface area contributed by atoms with Gasteiger partial charge in [0.05, 0.1) is 5.69 Å². The van der Waals surface area contributed by atoms with Crippen LogP contribution >= 0.6 is 0 Å². The molecule has 128 valence electrons. The van der Waals surface area contributed by atoms with E-state index in [4.69, 9.17) is 0 Å². The zero-order valence-electron chi connectivity index (χ0n) is 14.4. The van der Waals surface area contributed by atoms with Crippen LogP contribution in [0.1, 0.15) is 25.3 Å². The Morgan fingerprint density at radius 1 is 1.17 bits per heavy atom. The molecule has 0 atom stereocenters. The molecule has 2 aliphatic rings. The molecule has 1 saturated heterocycles. The maximum absolute atomic E-state index is 12.7. The van der Waals surface area contributed by atoms with Gasteiger partial charge >= 0.3 is 0 Å². The summed E-state index contributed by atoms with van der Waals surface area (Å²) in [6, 6.07) is 7.63. The Morgan fingerprint density at radius 2 is 1.92 bits per heavy atom. The molecule has 0 unspecified atom stereocenters. The van der Waals surface area contributed by atoms with Crippen LogP contribution in [0.3, 0.4) is 0 Å². The second-order valence-electron chi connectivity index (χ2n) is 6.32. The lowest BCUT2D eigenvalue weighted by Gasteiger charge is -2.35. The predicted octanol–water partition coefficient (Wildman–Crippen LogP) is 1.64. The van der Waals surface area contributed by atoms with Gasteiger partial charge in [0, 0.05) is 39.0 Å². The molecule has 0 spiro atoms. The molecule has 0 aromatic heterocycles. The highest BCUT2D eigenvalue weighted by atomic mass is 16.2. The molecule has 24 heavy (non-hydrogen) atoms. The minimum atomic E-state index is -0.0621. The van der Waals surface area contributed by atoms with Crippen LogP contribution in [0.25, 0.3) is 0 Å². The van der Waals surface area contributed by atoms with E-state index in [2.05, 4.69) is 16.9 Å². The normalized spacial score (nSPS) is 19.4. The van der Waals surface area contributed by atoms with Crippen LogP contribution in [-0.4, -0.2) is 60.0 Å². The number of benzene rings is 1. The number of hydrogen-bond acceptors (Lipinski definition) is 4. The molecule has 2 amide bonds. The van der Waals surface area contributed by atoms with Crippen LogP contribution < -0.4 is 5.01 Å². The molecule has 6 heteroatoms. The minimum absolute atomic E-state index is 0.0316. The largest absolute Gasteiger partial charge is 0.335 e. The Labute approximate surface area is 142 Å². The molecule has 2 heterocycles. The fraction of sp³-hybridized carbons (Fsp3) is 0.500. The Hall–Kier alpha value is -2.21. The fourth-order valence-electron chi connectivity index (χ4n) is 3.12. The number of hydrazone groups is 1. The molecule has 1 aromatic rings. The molecule has 1 fully saturated rings. The second-order valence-corrected chi connectivity index (χ2v) is 6.32. The maximum atomic E-state index is 12.7. The van der Waals surface area contributed by atoms with E-state index in [0.29, 0.717) is 18.6 Å². The molecule has 1 aromatic carbocycles. The maximum Gasteiger partial charge on any atom is 0.270 e. The molecule has 0 radical (unpaired) electrons. The summed E-state index contributed by atoms with van der Waals surface area (Å²) >= 11 is 0. The summed E-state index contributed by atoms with van der Waals surface area (Å²) in [5, 5.41) is 5.77. The number of nitrogens with zero attached hydrogens (tertiary/aromatic N) is 4. The van der Waals surface area contributed by atoms with Crippen molar-refractivity contribution in [3.8, 4) is 0 Å². The number of carbonyl (C=O) groups is 2. The standard InChI is InChI=1S/C18H24N4O2/c1-3-20-9-11-21(12-10-20)18(24)16-7-8-17(23)22(19-16)15-6-4-5-14(2)13-15/h4-6,13H,3,7-12H2,1-2H3. The number of aryl methyl sites for hydroxylation is 1. The van der Waals surface area contributed by atoms with Crippen LogP contribution in [0, 0.1) is 6.92 Å². The monoisotopic (exact) mass is 328 g/mol. The van der Waals surface area contributed by atoms with Crippen molar-refractivity contribution in [2.75, 3.05) is 37.7 Å². The third-order valence-corrected chi connectivity index (χ3v) is 4.63. The predicted molar refractivity (Wildman–Crippen MR) is 94.0 cm³/mol. The summed E-state index contributed by atoms with van der Waals surface area (Å²) in [5.74, 6) is -0.0936. The van der Waals surface area contributed by atoms with Crippen LogP contribution in [0.15, 0.2) is 29.4 Å². The first-order chi connectivity index (χ1) is 11.6. The first-order valence-corrected chi connectivity index (χ1v) is 8.57. The van der Waals surface area contributed by atoms with Crippen molar-refractivity contribution in [3.63, 3.8) is 0 Å². The van der Waals surface area contributed by atoms with E-state index < -0.39 is 0 Å². The van der Waals surface area contributed by atoms with Crippen LogP contribution in [0.2, 0.25) is 0 Å². The lowest BCUT2D eigenvalue weighted by atomic mass is 10.1. The van der Waals surface area contributed by atoms with Gasteiger partial charge in [-0.3, -0.25) is 9.59 Å². The van der Waals surface area contributed by atoms with E-state index in [0.717, 1.165) is 44.0 Å². The number of anilines is 1. The van der Waals surface area contributed by atoms with Crippen LogP contribution in [0.4, 0.5) is 5.69 Å². The first kappa shape index (κ1) is 16.6. The van der Waals surface area contributed by atoms with Crippen molar-refractivity contribution in [2.24, 2.45) is 5.10 Å². The van der Waals surface area contributed by atoms with Gasteiger partial charge in [0.2, 0.25) is 5.91 Å². The molecule has 0 N–H and O–H groups in total. The molecular formula is C18H24N4O2. The Bertz CT molecular complexity index is 663. The molecular weight excluding hydrogens is 304 g/mol. The second kappa shape index (κ2) is 7.13. The third kappa shape index (κ3) is 3.48. The van der Waals surface area contributed by atoms with E-state index in [1.807, 2.05) is 36.1 Å². The number of rotatable bonds is 3. The van der Waals surface area contributed by atoms with Crippen molar-refractivity contribution in [1.82, 2.24) is 9.80 Å². The highest BCUT2D eigenvalue weighted by Gasteiger charge is 2.29. The van der Waals surface area contributed by atoms with Gasteiger partial charge in [0.1, 0.15) is 5.71 Å². The quantitative estimate of drug-likeness (QED) is 0.848. The lowest BCUT2D eigenvalue weighted by Crippen LogP contribution is -2.51. The summed E-state index contributed by atoms with van der Waals surface area (Å²) in [6.07, 6.45) is 0.751. The molecule has 0 aliphatic carbocycles. The van der Waals surface area contributed by atoms with Gasteiger partial charge in [0.15, 0.2) is 0 Å². The van der Waals surface area contributed by atoms with E-state index in [1.165, 1.54) is 5.01 Å². The Balaban J connectivity index is 1.76. The average molecular weight is 328 g/mol. The van der Waals surface area contributed by atoms with Gasteiger partial charge in [-0.2, -0.15) is 5.10 Å². The zero-order valence-corrected chi connectivity index (χ0v) is 14.4. The third-order valence-electron chi connectivity index (χ3n) is 4.63. The van der Waals surface area contributed by atoms with Gasteiger partial charge < -0.3 is 9.80 Å². The summed E-state index contributed by atoms with van der Waals surface area (Å²) < 4.78 is 0. The Kier molecular flexibility index (Phi) is 4.94. The fourth-order valence-corrected chi connectivity index (χ4v) is 3.12. The summed E-state index contributed by atoms with van der Waals surface area (Å²) in [6.45, 7) is 8.37. The zero-order chi connectivity index (χ0) is 17.1. The van der Waals surface area contributed by atoms with Crippen molar-refractivity contribution >= 4 is 23.2 Å². The lowest BCUT2D eigenvalue weighted by molar-refractivity contribution is -0.126. The summed E-state index contributed by atoms with van der Waals surface area (Å²) in [5.41, 5.74) is 2.27. The van der Waals surface area contributed by atoms with Crippen LogP contribution in [-0.2, 0) is 9.59 Å². The van der Waals surface area contributed by atoms with E-state index in [1.54, 1.807) is 0 Å². The van der Waals surface area contributed by atoms with Gasteiger partial charge in [0.25, 0.3) is 5.91 Å². The molecule has 6 nitrogen and oxygen atoms in total. The number of piperazine rings is 1. The SMILES string of the molecule is CCN1CCN(C(=O)C2=NN(c3cccc(C)c3)C(=O)CC2)CC1. The summed E-state index contributed by atoms with van der Waals surface area (Å²) in [4.78, 5) is 29.1. The van der Waals surface area contributed by atoms with Crippen LogP contribution in [0.5, 0.6) is 0 Å². The average Bonchev–Trinajstić information content (AvgIpc) is 2.61. The molecule has 0 saturated carbocycles. The number of likely N-dealkylation sites (N-methyl/N-ethyl adjacent to an activating group) is 1. The van der Waals surface area contributed by atoms with Gasteiger partial charge in [-0.05, 0) is 31.2 Å².